The molecule has 1 fully saturated rings. The predicted molar refractivity (Wildman–Crippen MR) is 71.5 cm³/mol. The minimum absolute atomic E-state index is 0.0667. The van der Waals surface area contributed by atoms with Crippen LogP contribution in [0.5, 0.6) is 5.75 Å². The molecule has 2 aromatic rings. The first-order valence-corrected chi connectivity index (χ1v) is 6.39. The molecule has 0 atom stereocenters. The van der Waals surface area contributed by atoms with Gasteiger partial charge in [-0.05, 0) is 31.0 Å². The Balaban J connectivity index is 1.75. The molecular formula is C14H12N2O5. The van der Waals surface area contributed by atoms with Gasteiger partial charge in [-0.15, -0.1) is 0 Å². The Kier molecular flexibility index (Phi) is 3.09. The van der Waals surface area contributed by atoms with E-state index in [0.29, 0.717) is 11.7 Å². The fraction of sp³-hybridized carbons (Fsp3) is 0.214. The lowest BCUT2D eigenvalue weighted by atomic mass is 10.2. The Morgan fingerprint density at radius 3 is 2.67 bits per heavy atom. The van der Waals surface area contributed by atoms with Crippen LogP contribution in [0, 0.1) is 0 Å². The van der Waals surface area contributed by atoms with Crippen LogP contribution >= 0.6 is 0 Å². The van der Waals surface area contributed by atoms with Crippen molar-refractivity contribution in [3.8, 4) is 5.75 Å². The van der Waals surface area contributed by atoms with Gasteiger partial charge < -0.3 is 20.1 Å². The van der Waals surface area contributed by atoms with Gasteiger partial charge in [-0.1, -0.05) is 5.16 Å². The molecule has 3 rings (SSSR count). The van der Waals surface area contributed by atoms with E-state index in [1.807, 2.05) is 0 Å². The quantitative estimate of drug-likeness (QED) is 0.743. The summed E-state index contributed by atoms with van der Waals surface area (Å²) in [6.45, 7) is 0. The number of phenols is 1. The number of aromatic nitrogens is 1. The second kappa shape index (κ2) is 4.93. The van der Waals surface area contributed by atoms with Gasteiger partial charge in [0.2, 0.25) is 0 Å². The van der Waals surface area contributed by atoms with Crippen LogP contribution in [0.15, 0.2) is 28.8 Å². The molecule has 1 aromatic carbocycles. The summed E-state index contributed by atoms with van der Waals surface area (Å²) in [6, 6.07) is 5.25. The van der Waals surface area contributed by atoms with Crippen molar-refractivity contribution in [1.82, 2.24) is 5.16 Å². The van der Waals surface area contributed by atoms with E-state index in [2.05, 4.69) is 10.5 Å². The highest BCUT2D eigenvalue weighted by molar-refractivity contribution is 6.04. The maximum absolute atomic E-state index is 12.0. The molecule has 7 nitrogen and oxygen atoms in total. The number of anilines is 1. The zero-order valence-electron chi connectivity index (χ0n) is 10.9. The maximum Gasteiger partial charge on any atom is 0.335 e. The van der Waals surface area contributed by atoms with E-state index in [4.69, 9.17) is 9.63 Å². The third-order valence-corrected chi connectivity index (χ3v) is 3.23. The van der Waals surface area contributed by atoms with Crippen LogP contribution < -0.4 is 5.32 Å². The number of carbonyl (C=O) groups excluding carboxylic acids is 1. The van der Waals surface area contributed by atoms with E-state index >= 15 is 0 Å². The van der Waals surface area contributed by atoms with Crippen molar-refractivity contribution in [3.05, 3.63) is 41.3 Å². The number of hydrogen-bond acceptors (Lipinski definition) is 5. The van der Waals surface area contributed by atoms with Crippen molar-refractivity contribution in [2.75, 3.05) is 5.32 Å². The molecule has 1 heterocycles. The van der Waals surface area contributed by atoms with Crippen LogP contribution in [0.1, 0.15) is 45.4 Å². The number of phenolic OH excluding ortho intramolecular Hbond substituents is 1. The van der Waals surface area contributed by atoms with Crippen molar-refractivity contribution < 1.29 is 24.3 Å². The van der Waals surface area contributed by atoms with Gasteiger partial charge >= 0.3 is 5.97 Å². The fourth-order valence-electron chi connectivity index (χ4n) is 1.91. The highest BCUT2D eigenvalue weighted by Crippen LogP contribution is 2.40. The summed E-state index contributed by atoms with van der Waals surface area (Å²) < 4.78 is 5.08. The monoisotopic (exact) mass is 288 g/mol. The normalized spacial score (nSPS) is 13.9. The molecular weight excluding hydrogens is 276 g/mol. The summed E-state index contributed by atoms with van der Waals surface area (Å²) >= 11 is 0. The first-order chi connectivity index (χ1) is 10.0. The highest BCUT2D eigenvalue weighted by atomic mass is 16.5. The number of carboxylic acid groups (broad SMARTS) is 1. The number of aromatic hydroxyl groups is 1. The van der Waals surface area contributed by atoms with Gasteiger partial charge in [0.1, 0.15) is 11.5 Å². The Morgan fingerprint density at radius 2 is 2.05 bits per heavy atom. The molecule has 0 aliphatic heterocycles. The molecule has 0 saturated heterocycles. The highest BCUT2D eigenvalue weighted by Gasteiger charge is 2.29. The Bertz CT molecular complexity index is 718. The first kappa shape index (κ1) is 13.2. The summed E-state index contributed by atoms with van der Waals surface area (Å²) in [6.07, 6.45) is 2.07. The number of benzene rings is 1. The second-order valence-corrected chi connectivity index (χ2v) is 4.88. The number of hydrogen-bond donors (Lipinski definition) is 3. The molecule has 1 aliphatic carbocycles. The maximum atomic E-state index is 12.0. The molecule has 7 heteroatoms. The first-order valence-electron chi connectivity index (χ1n) is 6.39. The summed E-state index contributed by atoms with van der Waals surface area (Å²) in [5, 5.41) is 24.7. The van der Waals surface area contributed by atoms with Gasteiger partial charge in [0.15, 0.2) is 5.69 Å². The van der Waals surface area contributed by atoms with E-state index in [1.54, 1.807) is 6.07 Å². The second-order valence-electron chi connectivity index (χ2n) is 4.88. The number of aromatic carboxylic acids is 1. The zero-order valence-corrected chi connectivity index (χ0v) is 10.9. The van der Waals surface area contributed by atoms with Crippen molar-refractivity contribution in [3.63, 3.8) is 0 Å². The van der Waals surface area contributed by atoms with Gasteiger partial charge in [-0.2, -0.15) is 0 Å². The number of nitrogens with one attached hydrogen (secondary N) is 1. The summed E-state index contributed by atoms with van der Waals surface area (Å²) in [5.74, 6) is -0.972. The van der Waals surface area contributed by atoms with Crippen molar-refractivity contribution in [1.29, 1.82) is 0 Å². The smallest absolute Gasteiger partial charge is 0.335 e. The van der Waals surface area contributed by atoms with Crippen LogP contribution in [-0.4, -0.2) is 27.2 Å². The molecule has 1 aliphatic rings. The average Bonchev–Trinajstić information content (AvgIpc) is 3.18. The number of amides is 1. The fourth-order valence-corrected chi connectivity index (χ4v) is 1.91. The number of rotatable bonds is 4. The molecule has 1 saturated carbocycles. The van der Waals surface area contributed by atoms with Crippen molar-refractivity contribution >= 4 is 17.6 Å². The van der Waals surface area contributed by atoms with Crippen molar-refractivity contribution in [2.45, 2.75) is 18.8 Å². The summed E-state index contributed by atoms with van der Waals surface area (Å²) in [5.41, 5.74) is 0.169. The molecule has 3 N–H and O–H groups in total. The summed E-state index contributed by atoms with van der Waals surface area (Å²) in [4.78, 5) is 22.7. The lowest BCUT2D eigenvalue weighted by Gasteiger charge is -2.06. The lowest BCUT2D eigenvalue weighted by molar-refractivity contribution is 0.0696. The topological polar surface area (TPSA) is 113 Å². The van der Waals surface area contributed by atoms with Crippen LogP contribution in [0.4, 0.5) is 5.69 Å². The predicted octanol–water partition coefficient (Wildman–Crippen LogP) is 2.21. The zero-order chi connectivity index (χ0) is 15.0. The third kappa shape index (κ3) is 2.71. The number of carboxylic acids is 1. The molecule has 0 bridgehead atoms. The largest absolute Gasteiger partial charge is 0.506 e. The van der Waals surface area contributed by atoms with Crippen LogP contribution in [-0.2, 0) is 0 Å². The van der Waals surface area contributed by atoms with Crippen LogP contribution in [0.25, 0.3) is 0 Å². The Labute approximate surface area is 119 Å². The van der Waals surface area contributed by atoms with Crippen LogP contribution in [0.3, 0.4) is 0 Å². The SMILES string of the molecule is O=C(O)c1ccc(NC(=O)c2cc(C3CC3)on2)c(O)c1. The number of nitrogens with zero attached hydrogens (tertiary/aromatic N) is 1. The van der Waals surface area contributed by atoms with E-state index in [9.17, 15) is 14.7 Å². The average molecular weight is 288 g/mol. The molecule has 0 spiro atoms. The molecule has 21 heavy (non-hydrogen) atoms. The molecule has 1 amide bonds. The minimum Gasteiger partial charge on any atom is -0.506 e. The molecule has 108 valence electrons. The Hall–Kier alpha value is -2.83. The molecule has 0 unspecified atom stereocenters. The van der Waals surface area contributed by atoms with E-state index in [0.717, 1.165) is 18.9 Å². The number of carbonyl (C=O) groups is 2. The Morgan fingerprint density at radius 1 is 1.29 bits per heavy atom. The molecule has 0 radical (unpaired) electrons. The van der Waals surface area contributed by atoms with E-state index in [1.165, 1.54) is 12.1 Å². The minimum atomic E-state index is -1.16. The van der Waals surface area contributed by atoms with Gasteiger partial charge in [-0.25, -0.2) is 4.79 Å². The van der Waals surface area contributed by atoms with E-state index < -0.39 is 11.9 Å². The summed E-state index contributed by atoms with van der Waals surface area (Å²) in [7, 11) is 0. The van der Waals surface area contributed by atoms with Gasteiger partial charge in [0, 0.05) is 12.0 Å². The van der Waals surface area contributed by atoms with Gasteiger partial charge in [0.25, 0.3) is 5.91 Å². The van der Waals surface area contributed by atoms with Crippen molar-refractivity contribution in [2.24, 2.45) is 0 Å². The van der Waals surface area contributed by atoms with Crippen LogP contribution in [0.2, 0.25) is 0 Å². The van der Waals surface area contributed by atoms with Gasteiger partial charge in [0.05, 0.1) is 11.3 Å². The standard InChI is InChI=1S/C14H12N2O5/c17-11-5-8(14(19)20)3-4-9(11)15-13(18)10-6-12(21-16-10)7-1-2-7/h3-7,17H,1-2H2,(H,15,18)(H,19,20). The third-order valence-electron chi connectivity index (χ3n) is 3.23. The molecule has 1 aromatic heterocycles. The van der Waals surface area contributed by atoms with Gasteiger partial charge in [-0.3, -0.25) is 4.79 Å². The van der Waals surface area contributed by atoms with E-state index in [-0.39, 0.29) is 22.7 Å². The lowest BCUT2D eigenvalue weighted by Crippen LogP contribution is -2.12.